The maximum absolute atomic E-state index is 11.7. The summed E-state index contributed by atoms with van der Waals surface area (Å²) < 4.78 is 0. The number of pyridine rings is 1. The number of amides is 1. The van der Waals surface area contributed by atoms with Crippen molar-refractivity contribution in [3.8, 4) is 0 Å². The molecule has 1 rings (SSSR count). The maximum Gasteiger partial charge on any atom is 0.237 e. The molecule has 0 aromatic carbocycles. The summed E-state index contributed by atoms with van der Waals surface area (Å²) in [6, 6.07) is 3.32. The van der Waals surface area contributed by atoms with Gasteiger partial charge in [-0.15, -0.1) is 0 Å². The first-order chi connectivity index (χ1) is 7.65. The summed E-state index contributed by atoms with van der Waals surface area (Å²) in [7, 11) is 0. The number of hydrogen-bond donors (Lipinski definition) is 2. The van der Waals surface area contributed by atoms with Crippen molar-refractivity contribution in [1.29, 1.82) is 0 Å². The van der Waals surface area contributed by atoms with E-state index in [-0.39, 0.29) is 11.8 Å². The fraction of sp³-hybridized carbons (Fsp3) is 0.500. The van der Waals surface area contributed by atoms with Gasteiger partial charge in [-0.25, -0.2) is 0 Å². The Labute approximate surface area is 96.3 Å². The zero-order valence-corrected chi connectivity index (χ0v) is 9.81. The monoisotopic (exact) mass is 221 g/mol. The van der Waals surface area contributed by atoms with E-state index in [4.69, 9.17) is 5.73 Å². The van der Waals surface area contributed by atoms with Crippen LogP contribution in [0.4, 0.5) is 0 Å². The summed E-state index contributed by atoms with van der Waals surface area (Å²) in [6.45, 7) is 4.52. The minimum atomic E-state index is -0.424. The first-order valence-corrected chi connectivity index (χ1v) is 5.57. The highest BCUT2D eigenvalue weighted by atomic mass is 16.2. The van der Waals surface area contributed by atoms with Crippen LogP contribution in [0.15, 0.2) is 24.5 Å². The van der Waals surface area contributed by atoms with E-state index < -0.39 is 6.04 Å². The van der Waals surface area contributed by atoms with Gasteiger partial charge in [0.05, 0.1) is 6.04 Å². The number of nitrogens with two attached hydrogens (primary N) is 1. The van der Waals surface area contributed by atoms with Gasteiger partial charge in [-0.2, -0.15) is 0 Å². The van der Waals surface area contributed by atoms with E-state index in [9.17, 15) is 4.79 Å². The zero-order chi connectivity index (χ0) is 12.0. The predicted molar refractivity (Wildman–Crippen MR) is 63.5 cm³/mol. The van der Waals surface area contributed by atoms with Crippen molar-refractivity contribution in [3.63, 3.8) is 0 Å². The van der Waals surface area contributed by atoms with Gasteiger partial charge in [-0.1, -0.05) is 20.3 Å². The molecule has 2 atom stereocenters. The average molecular weight is 221 g/mol. The second-order valence-corrected chi connectivity index (χ2v) is 3.98. The third kappa shape index (κ3) is 3.62. The molecule has 0 saturated heterocycles. The minimum absolute atomic E-state index is 0.0915. The van der Waals surface area contributed by atoms with E-state index in [0.29, 0.717) is 6.54 Å². The van der Waals surface area contributed by atoms with Crippen LogP contribution in [0.25, 0.3) is 0 Å². The molecule has 3 N–H and O–H groups in total. The molecule has 1 aromatic rings. The summed E-state index contributed by atoms with van der Waals surface area (Å²) in [5, 5.41) is 2.82. The fourth-order valence-corrected chi connectivity index (χ4v) is 1.32. The van der Waals surface area contributed by atoms with Crippen LogP contribution in [-0.2, 0) is 11.3 Å². The molecule has 0 unspecified atom stereocenters. The number of nitrogens with one attached hydrogen (secondary N) is 1. The first kappa shape index (κ1) is 12.6. The highest BCUT2D eigenvalue weighted by Gasteiger charge is 2.18. The number of hydrogen-bond acceptors (Lipinski definition) is 3. The second-order valence-electron chi connectivity index (χ2n) is 3.98. The number of carbonyl (C=O) groups is 1. The van der Waals surface area contributed by atoms with Gasteiger partial charge < -0.3 is 11.1 Å². The lowest BCUT2D eigenvalue weighted by atomic mass is 9.99. The van der Waals surface area contributed by atoms with Gasteiger partial charge in [0.1, 0.15) is 0 Å². The lowest BCUT2D eigenvalue weighted by molar-refractivity contribution is -0.123. The van der Waals surface area contributed by atoms with Crippen molar-refractivity contribution in [2.24, 2.45) is 11.7 Å². The van der Waals surface area contributed by atoms with Crippen LogP contribution in [0.3, 0.4) is 0 Å². The Morgan fingerprint density at radius 2 is 2.12 bits per heavy atom. The Bertz CT molecular complexity index is 326. The molecule has 1 amide bonds. The lowest BCUT2D eigenvalue weighted by Crippen LogP contribution is -2.44. The van der Waals surface area contributed by atoms with Crippen LogP contribution < -0.4 is 11.1 Å². The summed E-state index contributed by atoms with van der Waals surface area (Å²) >= 11 is 0. The van der Waals surface area contributed by atoms with Gasteiger partial charge >= 0.3 is 0 Å². The molecule has 16 heavy (non-hydrogen) atoms. The fourth-order valence-electron chi connectivity index (χ4n) is 1.32. The molecule has 0 saturated carbocycles. The molecule has 0 radical (unpaired) electrons. The minimum Gasteiger partial charge on any atom is -0.351 e. The van der Waals surface area contributed by atoms with Crippen molar-refractivity contribution in [3.05, 3.63) is 30.1 Å². The normalized spacial score (nSPS) is 14.2. The molecule has 4 nitrogen and oxygen atoms in total. The van der Waals surface area contributed by atoms with Gasteiger partial charge in [0.15, 0.2) is 0 Å². The third-order valence-corrected chi connectivity index (χ3v) is 2.78. The summed E-state index contributed by atoms with van der Waals surface area (Å²) in [5.74, 6) is 0.114. The van der Waals surface area contributed by atoms with Crippen LogP contribution in [-0.4, -0.2) is 16.9 Å². The highest BCUT2D eigenvalue weighted by molar-refractivity contribution is 5.81. The van der Waals surface area contributed by atoms with Crippen LogP contribution in [0.2, 0.25) is 0 Å². The molecule has 0 spiro atoms. The third-order valence-electron chi connectivity index (χ3n) is 2.78. The first-order valence-electron chi connectivity index (χ1n) is 5.57. The van der Waals surface area contributed by atoms with Crippen LogP contribution in [0, 0.1) is 5.92 Å². The molecule has 0 aliphatic heterocycles. The average Bonchev–Trinajstić information content (AvgIpc) is 2.35. The van der Waals surface area contributed by atoms with Gasteiger partial charge in [0, 0.05) is 18.9 Å². The molecular weight excluding hydrogens is 202 g/mol. The van der Waals surface area contributed by atoms with Crippen molar-refractivity contribution in [2.75, 3.05) is 0 Å². The summed E-state index contributed by atoms with van der Waals surface area (Å²) in [5.41, 5.74) is 6.84. The maximum atomic E-state index is 11.7. The van der Waals surface area contributed by atoms with Crippen LogP contribution in [0.1, 0.15) is 25.8 Å². The van der Waals surface area contributed by atoms with Crippen molar-refractivity contribution >= 4 is 5.91 Å². The van der Waals surface area contributed by atoms with Gasteiger partial charge in [-0.05, 0) is 23.6 Å². The zero-order valence-electron chi connectivity index (χ0n) is 9.81. The van der Waals surface area contributed by atoms with Crippen LogP contribution in [0.5, 0.6) is 0 Å². The number of rotatable bonds is 5. The van der Waals surface area contributed by atoms with Gasteiger partial charge in [-0.3, -0.25) is 9.78 Å². The Kier molecular flexibility index (Phi) is 4.92. The van der Waals surface area contributed by atoms with Gasteiger partial charge in [0.25, 0.3) is 0 Å². The predicted octanol–water partition coefficient (Wildman–Crippen LogP) is 1.07. The van der Waals surface area contributed by atoms with Crippen molar-refractivity contribution < 1.29 is 4.79 Å². The molecule has 88 valence electrons. The van der Waals surface area contributed by atoms with Crippen LogP contribution >= 0.6 is 0 Å². The quantitative estimate of drug-likeness (QED) is 0.781. The van der Waals surface area contributed by atoms with E-state index in [2.05, 4.69) is 10.3 Å². The SMILES string of the molecule is CC[C@H](C)[C@H](N)C(=O)NCc1ccncc1. The van der Waals surface area contributed by atoms with E-state index in [1.54, 1.807) is 12.4 Å². The lowest BCUT2D eigenvalue weighted by Gasteiger charge is -2.17. The smallest absolute Gasteiger partial charge is 0.237 e. The number of aromatic nitrogens is 1. The molecule has 0 aliphatic carbocycles. The van der Waals surface area contributed by atoms with E-state index in [1.165, 1.54) is 0 Å². The Balaban J connectivity index is 2.41. The van der Waals surface area contributed by atoms with E-state index >= 15 is 0 Å². The Morgan fingerprint density at radius 1 is 1.50 bits per heavy atom. The molecule has 0 bridgehead atoms. The molecular formula is C12H19N3O. The largest absolute Gasteiger partial charge is 0.351 e. The second kappa shape index (κ2) is 6.23. The molecule has 0 fully saturated rings. The topological polar surface area (TPSA) is 68.0 Å². The number of carbonyl (C=O) groups excluding carboxylic acids is 1. The van der Waals surface area contributed by atoms with Gasteiger partial charge in [0.2, 0.25) is 5.91 Å². The highest BCUT2D eigenvalue weighted by Crippen LogP contribution is 2.05. The van der Waals surface area contributed by atoms with E-state index in [1.807, 2.05) is 26.0 Å². The molecule has 4 heteroatoms. The Morgan fingerprint density at radius 3 is 2.69 bits per heavy atom. The van der Waals surface area contributed by atoms with Crippen molar-refractivity contribution in [1.82, 2.24) is 10.3 Å². The Hall–Kier alpha value is -1.42. The molecule has 1 aromatic heterocycles. The molecule has 0 aliphatic rings. The summed E-state index contributed by atoms with van der Waals surface area (Å²) in [6.07, 6.45) is 4.32. The number of nitrogens with zero attached hydrogens (tertiary/aromatic N) is 1. The standard InChI is InChI=1S/C12H19N3O/c1-3-9(2)11(13)12(16)15-8-10-4-6-14-7-5-10/h4-7,9,11H,3,8,13H2,1-2H3,(H,15,16)/t9-,11-/m0/s1. The van der Waals surface area contributed by atoms with Crippen molar-refractivity contribution in [2.45, 2.75) is 32.9 Å². The molecule has 1 heterocycles. The van der Waals surface area contributed by atoms with E-state index in [0.717, 1.165) is 12.0 Å². The summed E-state index contributed by atoms with van der Waals surface area (Å²) in [4.78, 5) is 15.6.